The zero-order chi connectivity index (χ0) is 17.5. The molecule has 1 fully saturated rings. The average Bonchev–Trinajstić information content (AvgIpc) is 2.61. The van der Waals surface area contributed by atoms with E-state index in [1.807, 2.05) is 24.3 Å². The molecular weight excluding hydrogens is 312 g/mol. The van der Waals surface area contributed by atoms with E-state index in [0.717, 1.165) is 61.4 Å². The van der Waals surface area contributed by atoms with Gasteiger partial charge in [-0.25, -0.2) is 0 Å². The molecule has 1 saturated carbocycles. The normalized spacial score (nSPS) is 13.1. The summed E-state index contributed by atoms with van der Waals surface area (Å²) in [5.74, 6) is 2.58. The van der Waals surface area contributed by atoms with Crippen molar-refractivity contribution in [2.24, 2.45) is 0 Å². The van der Waals surface area contributed by atoms with Gasteiger partial charge in [0.1, 0.15) is 23.5 Å². The smallest absolute Gasteiger partial charge is 0.150 e. The Morgan fingerprint density at radius 2 is 1.68 bits per heavy atom. The predicted molar refractivity (Wildman–Crippen MR) is 100 cm³/mol. The van der Waals surface area contributed by atoms with Gasteiger partial charge in [-0.1, -0.05) is 13.3 Å². The van der Waals surface area contributed by atoms with Crippen LogP contribution in [0.4, 0.5) is 0 Å². The number of rotatable bonds is 8. The van der Waals surface area contributed by atoms with Crippen molar-refractivity contribution in [1.82, 2.24) is 0 Å². The summed E-state index contributed by atoms with van der Waals surface area (Å²) in [6.45, 7) is 2.91. The second-order valence-electron chi connectivity index (χ2n) is 6.30. The number of hydrogen-bond donors (Lipinski definition) is 0. The number of benzene rings is 2. The first-order valence-corrected chi connectivity index (χ1v) is 8.98. The molecule has 0 saturated heterocycles. The second kappa shape index (κ2) is 8.52. The number of hydrogen-bond acceptors (Lipinski definition) is 3. The molecule has 0 radical (unpaired) electrons. The van der Waals surface area contributed by atoms with Gasteiger partial charge in [0.2, 0.25) is 0 Å². The van der Waals surface area contributed by atoms with Crippen molar-refractivity contribution in [3.05, 3.63) is 65.2 Å². The average molecular weight is 336 g/mol. The van der Waals surface area contributed by atoms with Crippen molar-refractivity contribution < 1.29 is 14.3 Å². The van der Waals surface area contributed by atoms with Crippen LogP contribution in [0.5, 0.6) is 11.5 Å². The first-order chi connectivity index (χ1) is 12.3. The number of allylic oxidation sites excluding steroid dienone is 1. The van der Waals surface area contributed by atoms with Crippen LogP contribution in [0, 0.1) is 0 Å². The molecule has 3 heteroatoms. The van der Waals surface area contributed by atoms with Crippen molar-refractivity contribution in [2.75, 3.05) is 6.61 Å². The summed E-state index contributed by atoms with van der Waals surface area (Å²) in [6, 6.07) is 15.3. The van der Waals surface area contributed by atoms with Gasteiger partial charge < -0.3 is 9.47 Å². The molecular formula is C22H24O3. The van der Waals surface area contributed by atoms with Crippen molar-refractivity contribution in [3.8, 4) is 11.5 Å². The molecule has 2 aromatic rings. The molecule has 1 aliphatic carbocycles. The SMILES string of the molecule is CCCCOc1ccc(C(Oc2ccc(C=O)cc2)=C2CCC2)cc1. The fraction of sp³-hybridized carbons (Fsp3) is 0.318. The van der Waals surface area contributed by atoms with Crippen molar-refractivity contribution >= 4 is 12.0 Å². The number of aldehydes is 1. The van der Waals surface area contributed by atoms with Crippen LogP contribution in [-0.4, -0.2) is 12.9 Å². The Labute approximate surface area is 149 Å². The Morgan fingerprint density at radius 3 is 2.24 bits per heavy atom. The van der Waals surface area contributed by atoms with Crippen LogP contribution in [0.15, 0.2) is 54.1 Å². The lowest BCUT2D eigenvalue weighted by molar-refractivity contribution is 0.112. The largest absolute Gasteiger partial charge is 0.494 e. The van der Waals surface area contributed by atoms with Crippen molar-refractivity contribution in [3.63, 3.8) is 0 Å². The van der Waals surface area contributed by atoms with Gasteiger partial charge in [-0.15, -0.1) is 0 Å². The van der Waals surface area contributed by atoms with E-state index in [1.165, 1.54) is 12.0 Å². The van der Waals surface area contributed by atoms with Gasteiger partial charge in [-0.2, -0.15) is 0 Å². The third kappa shape index (κ3) is 4.50. The molecule has 0 spiro atoms. The van der Waals surface area contributed by atoms with Gasteiger partial charge in [-0.3, -0.25) is 4.79 Å². The summed E-state index contributed by atoms with van der Waals surface area (Å²) in [4.78, 5) is 10.8. The standard InChI is InChI=1S/C22H24O3/c1-2-3-15-24-20-13-9-19(10-14-20)22(18-5-4-6-18)25-21-11-7-17(16-23)8-12-21/h7-14,16H,2-6,15H2,1H3. The van der Waals surface area contributed by atoms with Crippen LogP contribution in [0.25, 0.3) is 5.76 Å². The molecule has 0 unspecified atom stereocenters. The summed E-state index contributed by atoms with van der Waals surface area (Å²) in [7, 11) is 0. The van der Waals surface area contributed by atoms with Gasteiger partial charge in [0.15, 0.2) is 0 Å². The number of carbonyl (C=O) groups excluding carboxylic acids is 1. The lowest BCUT2D eigenvalue weighted by atomic mass is 9.89. The van der Waals surface area contributed by atoms with Gasteiger partial charge in [-0.05, 0) is 79.8 Å². The van der Waals surface area contributed by atoms with Crippen molar-refractivity contribution in [2.45, 2.75) is 39.0 Å². The highest BCUT2D eigenvalue weighted by Gasteiger charge is 2.18. The van der Waals surface area contributed by atoms with Crippen LogP contribution in [-0.2, 0) is 0 Å². The summed E-state index contributed by atoms with van der Waals surface area (Å²) in [5.41, 5.74) is 3.06. The third-order valence-corrected chi connectivity index (χ3v) is 4.40. The van der Waals surface area contributed by atoms with E-state index < -0.39 is 0 Å². The molecule has 0 aliphatic heterocycles. The van der Waals surface area contributed by atoms with E-state index in [0.29, 0.717) is 5.56 Å². The molecule has 0 heterocycles. The maximum atomic E-state index is 10.8. The fourth-order valence-electron chi connectivity index (χ4n) is 2.69. The monoisotopic (exact) mass is 336 g/mol. The van der Waals surface area contributed by atoms with E-state index in [4.69, 9.17) is 9.47 Å². The van der Waals surface area contributed by atoms with Crippen LogP contribution >= 0.6 is 0 Å². The first kappa shape index (κ1) is 17.3. The highest BCUT2D eigenvalue weighted by molar-refractivity contribution is 5.75. The maximum absolute atomic E-state index is 10.8. The Morgan fingerprint density at radius 1 is 1.00 bits per heavy atom. The summed E-state index contributed by atoms with van der Waals surface area (Å²) in [5, 5.41) is 0. The predicted octanol–water partition coefficient (Wildman–Crippen LogP) is 5.65. The molecule has 0 aromatic heterocycles. The maximum Gasteiger partial charge on any atom is 0.150 e. The molecule has 2 aromatic carbocycles. The quantitative estimate of drug-likeness (QED) is 0.355. The van der Waals surface area contributed by atoms with E-state index >= 15 is 0 Å². The van der Waals surface area contributed by atoms with Crippen LogP contribution in [0.2, 0.25) is 0 Å². The molecule has 25 heavy (non-hydrogen) atoms. The molecule has 0 N–H and O–H groups in total. The minimum Gasteiger partial charge on any atom is -0.494 e. The van der Waals surface area contributed by atoms with Crippen LogP contribution in [0.1, 0.15) is 54.9 Å². The lowest BCUT2D eigenvalue weighted by Gasteiger charge is -2.22. The molecule has 3 rings (SSSR count). The van der Waals surface area contributed by atoms with E-state index in [-0.39, 0.29) is 0 Å². The topological polar surface area (TPSA) is 35.5 Å². The zero-order valence-electron chi connectivity index (χ0n) is 14.7. The number of carbonyl (C=O) groups is 1. The summed E-state index contributed by atoms with van der Waals surface area (Å²) >= 11 is 0. The van der Waals surface area contributed by atoms with Crippen LogP contribution in [0.3, 0.4) is 0 Å². The zero-order valence-corrected chi connectivity index (χ0v) is 14.7. The third-order valence-electron chi connectivity index (χ3n) is 4.40. The Bertz CT molecular complexity index is 721. The molecule has 0 amide bonds. The molecule has 130 valence electrons. The summed E-state index contributed by atoms with van der Waals surface area (Å²) < 4.78 is 11.9. The van der Waals surface area contributed by atoms with Gasteiger partial charge in [0.25, 0.3) is 0 Å². The highest BCUT2D eigenvalue weighted by atomic mass is 16.5. The Kier molecular flexibility index (Phi) is 5.89. The van der Waals surface area contributed by atoms with Crippen molar-refractivity contribution in [1.29, 1.82) is 0 Å². The second-order valence-corrected chi connectivity index (χ2v) is 6.30. The number of ether oxygens (including phenoxy) is 2. The van der Waals surface area contributed by atoms with E-state index in [2.05, 4.69) is 19.1 Å². The first-order valence-electron chi connectivity index (χ1n) is 8.98. The Balaban J connectivity index is 1.76. The minimum atomic E-state index is 0.652. The molecule has 0 bridgehead atoms. The molecule has 0 atom stereocenters. The van der Waals surface area contributed by atoms with Gasteiger partial charge in [0, 0.05) is 11.1 Å². The van der Waals surface area contributed by atoms with E-state index in [1.54, 1.807) is 12.1 Å². The summed E-state index contributed by atoms with van der Waals surface area (Å²) in [6.07, 6.45) is 6.41. The Hall–Kier alpha value is -2.55. The van der Waals surface area contributed by atoms with E-state index in [9.17, 15) is 4.79 Å². The van der Waals surface area contributed by atoms with Crippen LogP contribution < -0.4 is 9.47 Å². The highest BCUT2D eigenvalue weighted by Crippen LogP contribution is 2.35. The van der Waals surface area contributed by atoms with Gasteiger partial charge in [0.05, 0.1) is 6.61 Å². The van der Waals surface area contributed by atoms with Gasteiger partial charge >= 0.3 is 0 Å². The lowest BCUT2D eigenvalue weighted by Crippen LogP contribution is -2.07. The fourth-order valence-corrected chi connectivity index (χ4v) is 2.69. The number of unbranched alkanes of at least 4 members (excludes halogenated alkanes) is 1. The minimum absolute atomic E-state index is 0.652. The molecule has 3 nitrogen and oxygen atoms in total. The molecule has 1 aliphatic rings.